The van der Waals surface area contributed by atoms with Crippen molar-refractivity contribution in [1.29, 1.82) is 0 Å². The van der Waals surface area contributed by atoms with Gasteiger partial charge in [-0.05, 0) is 17.9 Å². The fourth-order valence-electron chi connectivity index (χ4n) is 4.27. The largest absolute Gasteiger partial charge is 0.491 e. The third-order valence-corrected chi connectivity index (χ3v) is 7.48. The Morgan fingerprint density at radius 1 is 0.575 bits per heavy atom. The van der Waals surface area contributed by atoms with Crippen molar-refractivity contribution < 1.29 is 37.5 Å². The Morgan fingerprint density at radius 3 is 1.73 bits per heavy atom. The summed E-state index contributed by atoms with van der Waals surface area (Å²) in [6.45, 7) is 5.28. The molecule has 1 atom stereocenters. The van der Waals surface area contributed by atoms with Crippen LogP contribution in [-0.4, -0.2) is 64.4 Å². The van der Waals surface area contributed by atoms with Gasteiger partial charge in [-0.25, -0.2) is 4.57 Å². The van der Waals surface area contributed by atoms with Crippen LogP contribution in [0.3, 0.4) is 0 Å². The Hall–Kier alpha value is -1.51. The van der Waals surface area contributed by atoms with E-state index in [-0.39, 0.29) is 19.8 Å². The molecule has 0 aliphatic carbocycles. The standard InChI is InChI=1S/C31H51O8P/c1-2-3-4-5-6-7-8-9-10-11-14-20-38-40(32,33)39-28-26-36-24-22-34-21-23-35-25-27-37-31-19-15-17-29-16-12-13-18-30(29)31/h12-13,15-19H,2-11,14,20-28H2,1H3,(H,32,33). The van der Waals surface area contributed by atoms with E-state index in [1.165, 1.54) is 51.4 Å². The normalized spacial score (nSPS) is 13.1. The minimum absolute atomic E-state index is 0.00809. The summed E-state index contributed by atoms with van der Waals surface area (Å²) in [6.07, 6.45) is 13.4. The number of hydrogen-bond acceptors (Lipinski definition) is 7. The second-order valence-electron chi connectivity index (χ2n) is 9.83. The van der Waals surface area contributed by atoms with Crippen LogP contribution in [0, 0.1) is 0 Å². The maximum absolute atomic E-state index is 11.9. The molecule has 0 aromatic heterocycles. The van der Waals surface area contributed by atoms with Crippen LogP contribution in [0.1, 0.15) is 77.6 Å². The van der Waals surface area contributed by atoms with E-state index in [0.717, 1.165) is 35.8 Å². The average molecular weight is 583 g/mol. The van der Waals surface area contributed by atoms with Gasteiger partial charge in [-0.2, -0.15) is 0 Å². The first-order valence-corrected chi connectivity index (χ1v) is 16.6. The van der Waals surface area contributed by atoms with E-state index in [9.17, 15) is 9.46 Å². The quantitative estimate of drug-likeness (QED) is 0.0846. The molecule has 0 bridgehead atoms. The van der Waals surface area contributed by atoms with Crippen LogP contribution in [0.25, 0.3) is 10.8 Å². The molecule has 0 saturated heterocycles. The van der Waals surface area contributed by atoms with Crippen LogP contribution in [-0.2, 0) is 27.8 Å². The molecule has 8 nitrogen and oxygen atoms in total. The zero-order chi connectivity index (χ0) is 28.6. The van der Waals surface area contributed by atoms with Gasteiger partial charge in [-0.1, -0.05) is 108 Å². The molecule has 2 aromatic carbocycles. The minimum Gasteiger partial charge on any atom is -0.491 e. The number of ether oxygens (including phenoxy) is 4. The molecule has 1 unspecified atom stereocenters. The van der Waals surface area contributed by atoms with Crippen LogP contribution in [0.4, 0.5) is 0 Å². The molecule has 0 radical (unpaired) electrons. The Bertz CT molecular complexity index is 920. The van der Waals surface area contributed by atoms with Crippen LogP contribution < -0.4 is 4.74 Å². The molecule has 0 amide bonds. The third-order valence-electron chi connectivity index (χ3n) is 6.46. The van der Waals surface area contributed by atoms with Crippen molar-refractivity contribution >= 4 is 18.6 Å². The third kappa shape index (κ3) is 17.3. The summed E-state index contributed by atoms with van der Waals surface area (Å²) in [5.41, 5.74) is 0. The first-order valence-electron chi connectivity index (χ1n) is 15.1. The fourth-order valence-corrected chi connectivity index (χ4v) is 5.01. The second-order valence-corrected chi connectivity index (χ2v) is 11.3. The van der Waals surface area contributed by atoms with Crippen LogP contribution >= 0.6 is 7.82 Å². The summed E-state index contributed by atoms with van der Waals surface area (Å²) in [5.74, 6) is 0.854. The SMILES string of the molecule is CCCCCCCCCCCCCOP(=O)(O)OCCOCCOCCOCCOc1cccc2ccccc12. The predicted molar refractivity (Wildman–Crippen MR) is 160 cm³/mol. The lowest BCUT2D eigenvalue weighted by atomic mass is 10.1. The van der Waals surface area contributed by atoms with Gasteiger partial charge in [0.25, 0.3) is 0 Å². The van der Waals surface area contributed by atoms with Gasteiger partial charge in [0.2, 0.25) is 0 Å². The molecule has 0 aliphatic heterocycles. The molecule has 228 valence electrons. The van der Waals surface area contributed by atoms with Gasteiger partial charge >= 0.3 is 7.82 Å². The zero-order valence-electron chi connectivity index (χ0n) is 24.4. The first-order chi connectivity index (χ1) is 19.6. The topological polar surface area (TPSA) is 92.7 Å². The molecular formula is C31H51O8P. The predicted octanol–water partition coefficient (Wildman–Crippen LogP) is 7.71. The molecule has 0 fully saturated rings. The van der Waals surface area contributed by atoms with E-state index in [2.05, 4.69) is 19.1 Å². The van der Waals surface area contributed by atoms with Gasteiger partial charge in [0.15, 0.2) is 0 Å². The second kappa shape index (κ2) is 23.1. The molecule has 0 saturated carbocycles. The van der Waals surface area contributed by atoms with Gasteiger partial charge in [0.05, 0.1) is 52.9 Å². The number of phosphoric ester groups is 1. The Balaban J connectivity index is 1.31. The molecule has 40 heavy (non-hydrogen) atoms. The van der Waals surface area contributed by atoms with E-state index in [0.29, 0.717) is 39.6 Å². The smallest absolute Gasteiger partial charge is 0.472 e. The molecule has 9 heteroatoms. The van der Waals surface area contributed by atoms with Crippen molar-refractivity contribution in [3.63, 3.8) is 0 Å². The average Bonchev–Trinajstić information content (AvgIpc) is 2.96. The molecule has 0 aliphatic rings. The first kappa shape index (κ1) is 34.7. The molecule has 2 rings (SSSR count). The fraction of sp³-hybridized carbons (Fsp3) is 0.677. The van der Waals surface area contributed by atoms with Crippen LogP contribution in [0.2, 0.25) is 0 Å². The summed E-state index contributed by atoms with van der Waals surface area (Å²) in [6, 6.07) is 14.1. The summed E-state index contributed by atoms with van der Waals surface area (Å²) in [7, 11) is -4.02. The summed E-state index contributed by atoms with van der Waals surface area (Å²) >= 11 is 0. The van der Waals surface area contributed by atoms with Gasteiger partial charge in [-0.15, -0.1) is 0 Å². The molecular weight excluding hydrogens is 531 g/mol. The maximum Gasteiger partial charge on any atom is 0.472 e. The van der Waals surface area contributed by atoms with Crippen LogP contribution in [0.5, 0.6) is 5.75 Å². The highest BCUT2D eigenvalue weighted by Gasteiger charge is 2.20. The zero-order valence-corrected chi connectivity index (χ0v) is 25.3. The van der Waals surface area contributed by atoms with Gasteiger partial charge in [0.1, 0.15) is 12.4 Å². The maximum atomic E-state index is 11.9. The summed E-state index contributed by atoms with van der Waals surface area (Å²) < 4.78 is 44.2. The highest BCUT2D eigenvalue weighted by atomic mass is 31.2. The van der Waals surface area contributed by atoms with E-state index < -0.39 is 7.82 Å². The van der Waals surface area contributed by atoms with E-state index in [1.807, 2.05) is 30.3 Å². The Morgan fingerprint density at radius 2 is 1.07 bits per heavy atom. The van der Waals surface area contributed by atoms with Gasteiger partial charge < -0.3 is 23.8 Å². The number of phosphoric acid groups is 1. The molecule has 2 aromatic rings. The Labute approximate surface area is 241 Å². The van der Waals surface area contributed by atoms with E-state index >= 15 is 0 Å². The highest BCUT2D eigenvalue weighted by molar-refractivity contribution is 7.47. The van der Waals surface area contributed by atoms with Crippen molar-refractivity contribution in [2.75, 3.05) is 59.5 Å². The van der Waals surface area contributed by atoms with Gasteiger partial charge in [0, 0.05) is 5.39 Å². The van der Waals surface area contributed by atoms with E-state index in [4.69, 9.17) is 28.0 Å². The highest BCUT2D eigenvalue weighted by Crippen LogP contribution is 2.43. The van der Waals surface area contributed by atoms with Crippen LogP contribution in [0.15, 0.2) is 42.5 Å². The number of rotatable bonds is 27. The van der Waals surface area contributed by atoms with Gasteiger partial charge in [-0.3, -0.25) is 9.05 Å². The monoisotopic (exact) mass is 582 g/mol. The van der Waals surface area contributed by atoms with Crippen molar-refractivity contribution in [2.45, 2.75) is 77.6 Å². The van der Waals surface area contributed by atoms with Crippen molar-refractivity contribution in [3.8, 4) is 5.75 Å². The van der Waals surface area contributed by atoms with Crippen molar-refractivity contribution in [1.82, 2.24) is 0 Å². The summed E-state index contributed by atoms with van der Waals surface area (Å²) in [5, 5.41) is 2.24. The molecule has 0 heterocycles. The number of benzene rings is 2. The number of fused-ring (bicyclic) bond motifs is 1. The Kier molecular flexibility index (Phi) is 20.0. The lowest BCUT2D eigenvalue weighted by Crippen LogP contribution is -2.13. The molecule has 0 spiro atoms. The lowest BCUT2D eigenvalue weighted by molar-refractivity contribution is 0.00283. The minimum atomic E-state index is -4.02. The van der Waals surface area contributed by atoms with E-state index in [1.54, 1.807) is 0 Å². The number of hydrogen-bond donors (Lipinski definition) is 1. The lowest BCUT2D eigenvalue weighted by Gasteiger charge is -2.12. The molecule has 1 N–H and O–H groups in total. The van der Waals surface area contributed by atoms with Crippen molar-refractivity contribution in [2.24, 2.45) is 0 Å². The summed E-state index contributed by atoms with van der Waals surface area (Å²) in [4.78, 5) is 9.76. The number of unbranched alkanes of at least 4 members (excludes halogenated alkanes) is 10. The van der Waals surface area contributed by atoms with Crippen molar-refractivity contribution in [3.05, 3.63) is 42.5 Å².